The third-order valence-electron chi connectivity index (χ3n) is 2.83. The fourth-order valence-electron chi connectivity index (χ4n) is 1.98. The summed E-state index contributed by atoms with van der Waals surface area (Å²) in [7, 11) is 0. The Kier molecular flexibility index (Phi) is 3.83. The molecule has 0 fully saturated rings. The monoisotopic (exact) mass is 322 g/mol. The molecule has 0 aromatic heterocycles. The van der Waals surface area contributed by atoms with Crippen LogP contribution in [0.1, 0.15) is 11.6 Å². The van der Waals surface area contributed by atoms with Crippen LogP contribution in [0.4, 0.5) is 5.69 Å². The summed E-state index contributed by atoms with van der Waals surface area (Å²) in [6.45, 7) is -0.226. The molecule has 2 rings (SSSR count). The smallest absolute Gasteiger partial charge is 0.249 e. The third kappa shape index (κ3) is 2.45. The van der Waals surface area contributed by atoms with Crippen LogP contribution >= 0.6 is 15.9 Å². The average Bonchev–Trinajstić information content (AvgIpc) is 2.63. The van der Waals surface area contributed by atoms with Crippen LogP contribution in [0.2, 0.25) is 0 Å². The van der Waals surface area contributed by atoms with Crippen molar-refractivity contribution in [3.05, 3.63) is 28.2 Å². The summed E-state index contributed by atoms with van der Waals surface area (Å²) in [5.41, 5.74) is 7.16. The number of carbonyl (C=O) groups excluding carboxylic acids is 2. The number of nitrogens with zero attached hydrogens (tertiary/aromatic N) is 2. The second-order valence-corrected chi connectivity index (χ2v) is 4.86. The molecule has 1 aromatic rings. The SMILES string of the molecule is N#CCNC(=O)CN1C(=O)C(N)c2c(Br)cccc21. The van der Waals surface area contributed by atoms with Gasteiger partial charge < -0.3 is 16.0 Å². The first kappa shape index (κ1) is 13.5. The lowest BCUT2D eigenvalue weighted by Crippen LogP contribution is -2.40. The quantitative estimate of drug-likeness (QED) is 0.788. The lowest BCUT2D eigenvalue weighted by Gasteiger charge is -2.16. The van der Waals surface area contributed by atoms with Crippen LogP contribution in [-0.4, -0.2) is 24.9 Å². The van der Waals surface area contributed by atoms with Gasteiger partial charge in [-0.25, -0.2) is 0 Å². The standard InChI is InChI=1S/C12H11BrN4O2/c13-7-2-1-3-8-10(7)11(15)12(19)17(8)6-9(18)16-5-4-14/h1-3,11H,5-6,15H2,(H,16,18). The number of rotatable bonds is 3. The number of nitrogens with two attached hydrogens (primary N) is 1. The molecule has 0 bridgehead atoms. The zero-order valence-electron chi connectivity index (χ0n) is 9.89. The van der Waals surface area contributed by atoms with Gasteiger partial charge in [0.2, 0.25) is 11.8 Å². The van der Waals surface area contributed by atoms with E-state index in [1.165, 1.54) is 4.90 Å². The van der Waals surface area contributed by atoms with E-state index < -0.39 is 11.9 Å². The molecule has 1 atom stereocenters. The molecule has 0 saturated carbocycles. The molecule has 1 aliphatic heterocycles. The largest absolute Gasteiger partial charge is 0.341 e. The first-order chi connectivity index (χ1) is 9.06. The van der Waals surface area contributed by atoms with Crippen LogP contribution < -0.4 is 16.0 Å². The predicted octanol–water partition coefficient (Wildman–Crippen LogP) is 0.435. The van der Waals surface area contributed by atoms with E-state index >= 15 is 0 Å². The van der Waals surface area contributed by atoms with Gasteiger partial charge in [0.15, 0.2) is 0 Å². The maximum atomic E-state index is 12.1. The molecule has 1 unspecified atom stereocenters. The molecule has 0 saturated heterocycles. The molecule has 0 aliphatic carbocycles. The van der Waals surface area contributed by atoms with Crippen molar-refractivity contribution >= 4 is 33.4 Å². The van der Waals surface area contributed by atoms with Crippen LogP contribution in [0.5, 0.6) is 0 Å². The topological polar surface area (TPSA) is 99.2 Å². The van der Waals surface area contributed by atoms with Crippen LogP contribution in [-0.2, 0) is 9.59 Å². The summed E-state index contributed by atoms with van der Waals surface area (Å²) in [5, 5.41) is 10.8. The Labute approximate surface area is 118 Å². The number of nitrogens with one attached hydrogen (secondary N) is 1. The van der Waals surface area contributed by atoms with Gasteiger partial charge in [0.25, 0.3) is 0 Å². The average molecular weight is 323 g/mol. The molecular weight excluding hydrogens is 312 g/mol. The highest BCUT2D eigenvalue weighted by molar-refractivity contribution is 9.10. The summed E-state index contributed by atoms with van der Waals surface area (Å²) < 4.78 is 0.741. The van der Waals surface area contributed by atoms with Gasteiger partial charge in [0, 0.05) is 10.0 Å². The maximum absolute atomic E-state index is 12.1. The molecule has 98 valence electrons. The van der Waals surface area contributed by atoms with Gasteiger partial charge >= 0.3 is 0 Å². The highest BCUT2D eigenvalue weighted by atomic mass is 79.9. The molecule has 0 spiro atoms. The first-order valence-corrected chi connectivity index (χ1v) is 6.34. The van der Waals surface area contributed by atoms with Crippen LogP contribution in [0.25, 0.3) is 0 Å². The lowest BCUT2D eigenvalue weighted by molar-refractivity contribution is -0.123. The summed E-state index contributed by atoms with van der Waals surface area (Å²) in [5.74, 6) is -0.719. The highest BCUT2D eigenvalue weighted by Crippen LogP contribution is 2.38. The molecule has 2 amide bonds. The van der Waals surface area contributed by atoms with Crippen molar-refractivity contribution in [3.8, 4) is 6.07 Å². The van der Waals surface area contributed by atoms with Crippen molar-refractivity contribution in [2.24, 2.45) is 5.73 Å². The van der Waals surface area contributed by atoms with Gasteiger partial charge in [-0.05, 0) is 12.1 Å². The first-order valence-electron chi connectivity index (χ1n) is 5.55. The minimum Gasteiger partial charge on any atom is -0.341 e. The summed E-state index contributed by atoms with van der Waals surface area (Å²) >= 11 is 3.35. The van der Waals surface area contributed by atoms with Crippen molar-refractivity contribution in [1.29, 1.82) is 5.26 Å². The number of fused-ring (bicyclic) bond motifs is 1. The van der Waals surface area contributed by atoms with E-state index in [0.29, 0.717) is 11.3 Å². The van der Waals surface area contributed by atoms with Crippen LogP contribution in [0.15, 0.2) is 22.7 Å². The number of benzene rings is 1. The maximum Gasteiger partial charge on any atom is 0.249 e. The van der Waals surface area contributed by atoms with Gasteiger partial charge in [-0.1, -0.05) is 22.0 Å². The number of hydrogen-bond acceptors (Lipinski definition) is 4. The van der Waals surface area contributed by atoms with E-state index in [0.717, 1.165) is 4.47 Å². The van der Waals surface area contributed by atoms with E-state index in [9.17, 15) is 9.59 Å². The molecule has 1 heterocycles. The second-order valence-electron chi connectivity index (χ2n) is 4.01. The van der Waals surface area contributed by atoms with E-state index in [-0.39, 0.29) is 19.0 Å². The number of amides is 2. The van der Waals surface area contributed by atoms with Crippen molar-refractivity contribution in [1.82, 2.24) is 5.32 Å². The van der Waals surface area contributed by atoms with Crippen LogP contribution in [0, 0.1) is 11.3 Å². The minimum absolute atomic E-state index is 0.0851. The summed E-state index contributed by atoms with van der Waals surface area (Å²) in [6, 6.07) is 6.34. The van der Waals surface area contributed by atoms with Crippen molar-refractivity contribution in [2.45, 2.75) is 6.04 Å². The molecular formula is C12H11BrN4O2. The zero-order valence-corrected chi connectivity index (χ0v) is 11.5. The second kappa shape index (κ2) is 5.38. The Hall–Kier alpha value is -1.91. The Morgan fingerprint density at radius 2 is 2.32 bits per heavy atom. The van der Waals surface area contributed by atoms with Crippen molar-refractivity contribution in [2.75, 3.05) is 18.0 Å². The Balaban J connectivity index is 2.25. The van der Waals surface area contributed by atoms with Gasteiger partial charge in [-0.15, -0.1) is 0 Å². The molecule has 7 heteroatoms. The number of halogens is 1. The number of carbonyl (C=O) groups is 2. The number of anilines is 1. The van der Waals surface area contributed by atoms with Gasteiger partial charge in [0.05, 0.1) is 11.8 Å². The minimum atomic E-state index is -0.769. The van der Waals surface area contributed by atoms with E-state index in [1.54, 1.807) is 24.3 Å². The number of hydrogen-bond donors (Lipinski definition) is 2. The molecule has 1 aromatic carbocycles. The molecule has 0 radical (unpaired) electrons. The van der Waals surface area contributed by atoms with Crippen molar-refractivity contribution in [3.63, 3.8) is 0 Å². The van der Waals surface area contributed by atoms with Gasteiger partial charge in [-0.2, -0.15) is 5.26 Å². The Morgan fingerprint density at radius 3 is 3.00 bits per heavy atom. The molecule has 6 nitrogen and oxygen atoms in total. The van der Waals surface area contributed by atoms with Crippen molar-refractivity contribution < 1.29 is 9.59 Å². The fraction of sp³-hybridized carbons (Fsp3) is 0.250. The highest BCUT2D eigenvalue weighted by Gasteiger charge is 2.37. The van der Waals surface area contributed by atoms with Crippen LogP contribution in [0.3, 0.4) is 0 Å². The predicted molar refractivity (Wildman–Crippen MR) is 72.0 cm³/mol. The van der Waals surface area contributed by atoms with Gasteiger partial charge in [0.1, 0.15) is 19.1 Å². The zero-order chi connectivity index (χ0) is 14.0. The Bertz CT molecular complexity index is 582. The Morgan fingerprint density at radius 1 is 1.58 bits per heavy atom. The molecule has 3 N–H and O–H groups in total. The molecule has 1 aliphatic rings. The number of nitriles is 1. The van der Waals surface area contributed by atoms with E-state index in [4.69, 9.17) is 11.0 Å². The van der Waals surface area contributed by atoms with E-state index in [2.05, 4.69) is 21.2 Å². The normalized spacial score (nSPS) is 17.0. The summed E-state index contributed by atoms with van der Waals surface area (Å²) in [4.78, 5) is 25.0. The fourth-order valence-corrected chi connectivity index (χ4v) is 2.58. The summed E-state index contributed by atoms with van der Waals surface area (Å²) in [6.07, 6.45) is 0. The van der Waals surface area contributed by atoms with Gasteiger partial charge in [-0.3, -0.25) is 9.59 Å². The third-order valence-corrected chi connectivity index (χ3v) is 3.52. The lowest BCUT2D eigenvalue weighted by atomic mass is 10.1. The molecule has 19 heavy (non-hydrogen) atoms. The van der Waals surface area contributed by atoms with E-state index in [1.807, 2.05) is 0 Å².